The Morgan fingerprint density at radius 2 is 1.76 bits per heavy atom. The molecule has 0 unspecified atom stereocenters. The van der Waals surface area contributed by atoms with Crippen molar-refractivity contribution in [3.63, 3.8) is 0 Å². The van der Waals surface area contributed by atoms with Gasteiger partial charge in [0.15, 0.2) is 5.82 Å². The first-order valence-corrected chi connectivity index (χ1v) is 10.8. The minimum atomic E-state index is 0.739. The molecule has 1 rings (SSSR count). The Bertz CT molecular complexity index is 714. The lowest BCUT2D eigenvalue weighted by atomic mass is 10.1. The average molecular weight is 401 g/mol. The van der Waals surface area contributed by atoms with Gasteiger partial charge in [-0.1, -0.05) is 38.5 Å². The SMILES string of the molecule is C/C=N\N(C)c1nc(N(CCC)CCC)nc(NCC(=C/CC)/C(C)=C\C)c1C. The third kappa shape index (κ3) is 7.18. The summed E-state index contributed by atoms with van der Waals surface area (Å²) in [6.45, 7) is 17.4. The lowest BCUT2D eigenvalue weighted by Gasteiger charge is -2.25. The van der Waals surface area contributed by atoms with Crippen LogP contribution in [0.1, 0.15) is 66.4 Å². The number of hydrogen-bond acceptors (Lipinski definition) is 6. The maximum atomic E-state index is 4.91. The molecule has 6 heteroatoms. The van der Waals surface area contributed by atoms with Crippen LogP contribution in [0, 0.1) is 6.92 Å². The van der Waals surface area contributed by atoms with Crippen LogP contribution in [0.15, 0.2) is 28.4 Å². The second-order valence-electron chi connectivity index (χ2n) is 7.17. The van der Waals surface area contributed by atoms with Gasteiger partial charge in [-0.25, -0.2) is 0 Å². The number of allylic oxidation sites excluding steroid dienone is 2. The average Bonchev–Trinajstić information content (AvgIpc) is 2.71. The number of nitrogens with zero attached hydrogens (tertiary/aromatic N) is 5. The Hall–Kier alpha value is -2.37. The van der Waals surface area contributed by atoms with Crippen molar-refractivity contribution >= 4 is 23.8 Å². The van der Waals surface area contributed by atoms with Gasteiger partial charge in [-0.2, -0.15) is 15.1 Å². The molecule has 0 fully saturated rings. The molecule has 0 aromatic carbocycles. The normalized spacial score (nSPS) is 12.6. The van der Waals surface area contributed by atoms with Crippen molar-refractivity contribution in [3.8, 4) is 0 Å². The van der Waals surface area contributed by atoms with Crippen LogP contribution in [0.25, 0.3) is 0 Å². The highest BCUT2D eigenvalue weighted by Gasteiger charge is 2.17. The fourth-order valence-corrected chi connectivity index (χ4v) is 3.18. The summed E-state index contributed by atoms with van der Waals surface area (Å²) >= 11 is 0. The van der Waals surface area contributed by atoms with Crippen molar-refractivity contribution in [2.45, 2.75) is 67.7 Å². The fraction of sp³-hybridized carbons (Fsp3) is 0.609. The molecule has 6 nitrogen and oxygen atoms in total. The number of anilines is 3. The predicted octanol–water partition coefficient (Wildman–Crippen LogP) is 5.57. The van der Waals surface area contributed by atoms with Crippen LogP contribution in [0.5, 0.6) is 0 Å². The van der Waals surface area contributed by atoms with Crippen LogP contribution in [-0.2, 0) is 0 Å². The van der Waals surface area contributed by atoms with E-state index in [1.165, 1.54) is 11.1 Å². The van der Waals surface area contributed by atoms with Gasteiger partial charge in [-0.05, 0) is 52.5 Å². The summed E-state index contributed by atoms with van der Waals surface area (Å²) in [5.41, 5.74) is 3.59. The third-order valence-electron chi connectivity index (χ3n) is 4.81. The number of nitrogens with one attached hydrogen (secondary N) is 1. The molecule has 0 amide bonds. The summed E-state index contributed by atoms with van der Waals surface area (Å²) < 4.78 is 0. The smallest absolute Gasteiger partial charge is 0.229 e. The number of rotatable bonds is 12. The van der Waals surface area contributed by atoms with Crippen LogP contribution >= 0.6 is 0 Å². The van der Waals surface area contributed by atoms with Crippen molar-refractivity contribution < 1.29 is 0 Å². The van der Waals surface area contributed by atoms with Crippen molar-refractivity contribution in [2.75, 3.05) is 41.9 Å². The van der Waals surface area contributed by atoms with Gasteiger partial charge in [-0.3, -0.25) is 5.01 Å². The standard InChI is InChI=1S/C23H40N6/c1-9-14-20(18(6)12-4)17-24-21-19(7)22(28(8)25-13-5)27-23(26-21)29(15-10-2)16-11-3/h12-14H,9-11,15-17H2,1-8H3,(H,24,26,27)/b18-12-,20-14-,25-13-. The molecule has 0 aliphatic heterocycles. The van der Waals surface area contributed by atoms with Crippen LogP contribution in [0.4, 0.5) is 17.6 Å². The quantitative estimate of drug-likeness (QED) is 0.282. The largest absolute Gasteiger partial charge is 0.366 e. The van der Waals surface area contributed by atoms with Crippen LogP contribution in [0.2, 0.25) is 0 Å². The van der Waals surface area contributed by atoms with Gasteiger partial charge in [0.1, 0.15) is 5.82 Å². The van der Waals surface area contributed by atoms with Gasteiger partial charge in [0.05, 0.1) is 0 Å². The number of hydrogen-bond donors (Lipinski definition) is 1. The van der Waals surface area contributed by atoms with Gasteiger partial charge < -0.3 is 10.2 Å². The Balaban J connectivity index is 3.37. The monoisotopic (exact) mass is 400 g/mol. The minimum Gasteiger partial charge on any atom is -0.366 e. The molecular weight excluding hydrogens is 360 g/mol. The van der Waals surface area contributed by atoms with Gasteiger partial charge in [-0.15, -0.1) is 0 Å². The van der Waals surface area contributed by atoms with E-state index in [4.69, 9.17) is 9.97 Å². The zero-order valence-corrected chi connectivity index (χ0v) is 19.7. The molecule has 0 atom stereocenters. The molecule has 0 spiro atoms. The van der Waals surface area contributed by atoms with Crippen LogP contribution in [-0.4, -0.2) is 42.9 Å². The molecule has 1 aromatic heterocycles. The summed E-state index contributed by atoms with van der Waals surface area (Å²) in [5.74, 6) is 2.46. The van der Waals surface area contributed by atoms with Crippen molar-refractivity contribution in [1.29, 1.82) is 0 Å². The summed E-state index contributed by atoms with van der Waals surface area (Å²) in [6.07, 6.45) is 9.33. The molecule has 29 heavy (non-hydrogen) atoms. The minimum absolute atomic E-state index is 0.739. The molecule has 0 bridgehead atoms. The molecule has 1 heterocycles. The van der Waals surface area contributed by atoms with Crippen LogP contribution < -0.4 is 15.2 Å². The van der Waals surface area contributed by atoms with E-state index in [9.17, 15) is 0 Å². The Morgan fingerprint density at radius 3 is 2.28 bits per heavy atom. The van der Waals surface area contributed by atoms with Crippen molar-refractivity contribution in [1.82, 2.24) is 9.97 Å². The molecule has 0 radical (unpaired) electrons. The highest BCUT2D eigenvalue weighted by Crippen LogP contribution is 2.27. The number of aromatic nitrogens is 2. The molecule has 1 aromatic rings. The first-order valence-electron chi connectivity index (χ1n) is 10.8. The van der Waals surface area contributed by atoms with Crippen molar-refractivity contribution in [3.05, 3.63) is 28.9 Å². The first kappa shape index (κ1) is 24.7. The van der Waals surface area contributed by atoms with Gasteiger partial charge in [0.25, 0.3) is 0 Å². The molecule has 162 valence electrons. The second kappa shape index (κ2) is 13.0. The fourth-order valence-electron chi connectivity index (χ4n) is 3.18. The van der Waals surface area contributed by atoms with Gasteiger partial charge >= 0.3 is 0 Å². The lowest BCUT2D eigenvalue weighted by molar-refractivity contribution is 0.719. The van der Waals surface area contributed by atoms with E-state index in [-0.39, 0.29) is 0 Å². The van der Waals surface area contributed by atoms with Crippen molar-refractivity contribution in [2.24, 2.45) is 5.10 Å². The number of hydrazone groups is 1. The van der Waals surface area contributed by atoms with E-state index in [1.54, 1.807) is 6.21 Å². The Morgan fingerprint density at radius 1 is 1.10 bits per heavy atom. The van der Waals surface area contributed by atoms with E-state index in [2.05, 4.69) is 69.0 Å². The van der Waals surface area contributed by atoms with Gasteiger partial charge in [0.2, 0.25) is 5.95 Å². The molecule has 0 aliphatic carbocycles. The van der Waals surface area contributed by atoms with E-state index in [1.807, 2.05) is 19.0 Å². The van der Waals surface area contributed by atoms with E-state index >= 15 is 0 Å². The summed E-state index contributed by atoms with van der Waals surface area (Å²) in [5, 5.41) is 9.79. The predicted molar refractivity (Wildman–Crippen MR) is 128 cm³/mol. The topological polar surface area (TPSA) is 56.7 Å². The molecule has 0 saturated heterocycles. The maximum absolute atomic E-state index is 4.91. The zero-order valence-electron chi connectivity index (χ0n) is 19.7. The third-order valence-corrected chi connectivity index (χ3v) is 4.81. The van der Waals surface area contributed by atoms with Crippen LogP contribution in [0.3, 0.4) is 0 Å². The summed E-state index contributed by atoms with van der Waals surface area (Å²) in [6, 6.07) is 0. The molecule has 1 N–H and O–H groups in total. The van der Waals surface area contributed by atoms with E-state index in [0.29, 0.717) is 0 Å². The maximum Gasteiger partial charge on any atom is 0.229 e. The lowest BCUT2D eigenvalue weighted by Crippen LogP contribution is -2.28. The van der Waals surface area contributed by atoms with E-state index < -0.39 is 0 Å². The summed E-state index contributed by atoms with van der Waals surface area (Å²) in [7, 11) is 1.93. The molecule has 0 saturated carbocycles. The highest BCUT2D eigenvalue weighted by molar-refractivity contribution is 5.64. The Labute approximate surface area is 177 Å². The Kier molecular flexibility index (Phi) is 11.0. The first-order chi connectivity index (χ1) is 13.9. The second-order valence-corrected chi connectivity index (χ2v) is 7.17. The summed E-state index contributed by atoms with van der Waals surface area (Å²) in [4.78, 5) is 12.0. The zero-order chi connectivity index (χ0) is 21.8. The molecular formula is C23H40N6. The highest BCUT2D eigenvalue weighted by atomic mass is 15.5. The van der Waals surface area contributed by atoms with E-state index in [0.717, 1.165) is 62.0 Å². The molecule has 0 aliphatic rings. The van der Waals surface area contributed by atoms with Gasteiger partial charge in [0, 0.05) is 38.5 Å².